The SMILES string of the molecule is CNCC1CCN(Cc2ccc(C(C)(C)C)cc2)C1. The third kappa shape index (κ3) is 4.05. The maximum atomic E-state index is 3.29. The first kappa shape index (κ1) is 14.5. The second kappa shape index (κ2) is 6.06. The third-order valence-electron chi connectivity index (χ3n) is 4.09. The Hall–Kier alpha value is -0.860. The normalized spacial score (nSPS) is 20.9. The van der Waals surface area contributed by atoms with Gasteiger partial charge in [0.2, 0.25) is 0 Å². The number of hydrogen-bond donors (Lipinski definition) is 1. The van der Waals surface area contributed by atoms with Crippen molar-refractivity contribution in [2.24, 2.45) is 5.92 Å². The molecule has 1 fully saturated rings. The molecule has 2 nitrogen and oxygen atoms in total. The molecular formula is C17H28N2. The van der Waals surface area contributed by atoms with E-state index < -0.39 is 0 Å². The lowest BCUT2D eigenvalue weighted by Crippen LogP contribution is -2.24. The van der Waals surface area contributed by atoms with Crippen LogP contribution < -0.4 is 5.32 Å². The van der Waals surface area contributed by atoms with Gasteiger partial charge in [0, 0.05) is 13.1 Å². The van der Waals surface area contributed by atoms with E-state index in [1.165, 1.54) is 30.6 Å². The predicted molar refractivity (Wildman–Crippen MR) is 82.5 cm³/mol. The highest BCUT2D eigenvalue weighted by Gasteiger charge is 2.21. The van der Waals surface area contributed by atoms with Crippen LogP contribution in [0.3, 0.4) is 0 Å². The van der Waals surface area contributed by atoms with Crippen molar-refractivity contribution in [2.75, 3.05) is 26.7 Å². The van der Waals surface area contributed by atoms with Crippen LogP contribution in [0.15, 0.2) is 24.3 Å². The van der Waals surface area contributed by atoms with Gasteiger partial charge in [-0.2, -0.15) is 0 Å². The number of likely N-dealkylation sites (tertiary alicyclic amines) is 1. The zero-order chi connectivity index (χ0) is 13.9. The van der Waals surface area contributed by atoms with Crippen molar-refractivity contribution in [1.82, 2.24) is 10.2 Å². The minimum atomic E-state index is 0.254. The van der Waals surface area contributed by atoms with Crippen molar-refractivity contribution in [3.63, 3.8) is 0 Å². The molecule has 19 heavy (non-hydrogen) atoms. The number of nitrogens with one attached hydrogen (secondary N) is 1. The Labute approximate surface area is 118 Å². The molecule has 1 saturated heterocycles. The van der Waals surface area contributed by atoms with Gasteiger partial charge in [-0.25, -0.2) is 0 Å². The highest BCUT2D eigenvalue weighted by molar-refractivity contribution is 5.27. The van der Waals surface area contributed by atoms with Crippen molar-refractivity contribution in [2.45, 2.75) is 39.2 Å². The maximum absolute atomic E-state index is 3.29. The fraction of sp³-hybridized carbons (Fsp3) is 0.647. The average molecular weight is 260 g/mol. The zero-order valence-electron chi connectivity index (χ0n) is 12.9. The Bertz CT molecular complexity index is 389. The molecule has 106 valence electrons. The van der Waals surface area contributed by atoms with Crippen LogP contribution >= 0.6 is 0 Å². The molecule has 0 spiro atoms. The van der Waals surface area contributed by atoms with Crippen molar-refractivity contribution in [3.8, 4) is 0 Å². The lowest BCUT2D eigenvalue weighted by Gasteiger charge is -2.20. The van der Waals surface area contributed by atoms with Crippen LogP contribution in [0.2, 0.25) is 0 Å². The molecular weight excluding hydrogens is 232 g/mol. The van der Waals surface area contributed by atoms with Gasteiger partial charge in [0.25, 0.3) is 0 Å². The summed E-state index contributed by atoms with van der Waals surface area (Å²) in [5, 5.41) is 3.29. The van der Waals surface area contributed by atoms with Gasteiger partial charge in [0.05, 0.1) is 0 Å². The molecule has 1 aromatic carbocycles. The third-order valence-corrected chi connectivity index (χ3v) is 4.09. The molecule has 1 aliphatic rings. The van der Waals surface area contributed by atoms with Gasteiger partial charge in [0.1, 0.15) is 0 Å². The van der Waals surface area contributed by atoms with E-state index in [-0.39, 0.29) is 5.41 Å². The number of nitrogens with zero attached hydrogens (tertiary/aromatic N) is 1. The van der Waals surface area contributed by atoms with E-state index in [1.807, 2.05) is 7.05 Å². The summed E-state index contributed by atoms with van der Waals surface area (Å²) >= 11 is 0. The van der Waals surface area contributed by atoms with Gasteiger partial charge >= 0.3 is 0 Å². The second-order valence-electron chi connectivity index (χ2n) is 6.89. The molecule has 1 unspecified atom stereocenters. The summed E-state index contributed by atoms with van der Waals surface area (Å²) in [5.41, 5.74) is 3.12. The standard InChI is InChI=1S/C17H28N2/c1-17(2,3)16-7-5-14(6-8-16)12-19-10-9-15(13-19)11-18-4/h5-8,15,18H,9-13H2,1-4H3. The van der Waals surface area contributed by atoms with Gasteiger partial charge in [-0.1, -0.05) is 45.0 Å². The molecule has 0 saturated carbocycles. The van der Waals surface area contributed by atoms with Gasteiger partial charge < -0.3 is 5.32 Å². The summed E-state index contributed by atoms with van der Waals surface area (Å²) in [6.07, 6.45) is 1.33. The minimum Gasteiger partial charge on any atom is -0.319 e. The molecule has 0 bridgehead atoms. The number of rotatable bonds is 4. The van der Waals surface area contributed by atoms with Crippen LogP contribution in [0.4, 0.5) is 0 Å². The summed E-state index contributed by atoms with van der Waals surface area (Å²) in [7, 11) is 2.05. The highest BCUT2D eigenvalue weighted by atomic mass is 15.1. The summed E-state index contributed by atoms with van der Waals surface area (Å²) in [5.74, 6) is 0.832. The monoisotopic (exact) mass is 260 g/mol. The molecule has 0 aliphatic carbocycles. The molecule has 2 rings (SSSR count). The van der Waals surface area contributed by atoms with Gasteiger partial charge in [-0.15, -0.1) is 0 Å². The molecule has 0 radical (unpaired) electrons. The summed E-state index contributed by atoms with van der Waals surface area (Å²) < 4.78 is 0. The Morgan fingerprint density at radius 2 is 1.89 bits per heavy atom. The first-order chi connectivity index (χ1) is 8.99. The molecule has 2 heteroatoms. The van der Waals surface area contributed by atoms with E-state index >= 15 is 0 Å². The van der Waals surface area contributed by atoms with Gasteiger partial charge in [-0.05, 0) is 49.0 Å². The van der Waals surface area contributed by atoms with Crippen LogP contribution in [0.5, 0.6) is 0 Å². The molecule has 1 atom stereocenters. The van der Waals surface area contributed by atoms with Crippen LogP contribution in [0, 0.1) is 5.92 Å². The second-order valence-corrected chi connectivity index (χ2v) is 6.89. The van der Waals surface area contributed by atoms with E-state index in [4.69, 9.17) is 0 Å². The summed E-state index contributed by atoms with van der Waals surface area (Å²) in [6.45, 7) is 11.5. The highest BCUT2D eigenvalue weighted by Crippen LogP contribution is 2.23. The lowest BCUT2D eigenvalue weighted by atomic mass is 9.87. The van der Waals surface area contributed by atoms with E-state index in [1.54, 1.807) is 0 Å². The molecule has 1 N–H and O–H groups in total. The van der Waals surface area contributed by atoms with Gasteiger partial charge in [0.15, 0.2) is 0 Å². The van der Waals surface area contributed by atoms with E-state index in [0.717, 1.165) is 19.0 Å². The summed E-state index contributed by atoms with van der Waals surface area (Å²) in [4.78, 5) is 2.58. The maximum Gasteiger partial charge on any atom is 0.0233 e. The summed E-state index contributed by atoms with van der Waals surface area (Å²) in [6, 6.07) is 9.17. The smallest absolute Gasteiger partial charge is 0.0233 e. The Morgan fingerprint density at radius 3 is 2.47 bits per heavy atom. The van der Waals surface area contributed by atoms with Crippen LogP contribution in [0.1, 0.15) is 38.3 Å². The van der Waals surface area contributed by atoms with Crippen molar-refractivity contribution in [3.05, 3.63) is 35.4 Å². The zero-order valence-corrected chi connectivity index (χ0v) is 12.9. The topological polar surface area (TPSA) is 15.3 Å². The van der Waals surface area contributed by atoms with Crippen LogP contribution in [-0.2, 0) is 12.0 Å². The average Bonchev–Trinajstić information content (AvgIpc) is 2.77. The van der Waals surface area contributed by atoms with Crippen molar-refractivity contribution >= 4 is 0 Å². The fourth-order valence-corrected chi connectivity index (χ4v) is 2.88. The quantitative estimate of drug-likeness (QED) is 0.895. The van der Waals surface area contributed by atoms with E-state index in [2.05, 4.69) is 55.3 Å². The van der Waals surface area contributed by atoms with Crippen molar-refractivity contribution in [1.29, 1.82) is 0 Å². The van der Waals surface area contributed by atoms with E-state index in [9.17, 15) is 0 Å². The number of hydrogen-bond acceptors (Lipinski definition) is 2. The van der Waals surface area contributed by atoms with Gasteiger partial charge in [-0.3, -0.25) is 4.90 Å². The largest absolute Gasteiger partial charge is 0.319 e. The Balaban J connectivity index is 1.90. The molecule has 1 heterocycles. The van der Waals surface area contributed by atoms with Crippen LogP contribution in [-0.4, -0.2) is 31.6 Å². The van der Waals surface area contributed by atoms with E-state index in [0.29, 0.717) is 0 Å². The molecule has 1 aromatic rings. The predicted octanol–water partition coefficient (Wildman–Crippen LogP) is 3.03. The Kier molecular flexibility index (Phi) is 4.64. The van der Waals surface area contributed by atoms with Crippen LogP contribution in [0.25, 0.3) is 0 Å². The lowest BCUT2D eigenvalue weighted by molar-refractivity contribution is 0.315. The Morgan fingerprint density at radius 1 is 1.21 bits per heavy atom. The molecule has 0 aromatic heterocycles. The number of benzene rings is 1. The molecule has 1 aliphatic heterocycles. The molecule has 0 amide bonds. The minimum absolute atomic E-state index is 0.254. The fourth-order valence-electron chi connectivity index (χ4n) is 2.88. The first-order valence-corrected chi connectivity index (χ1v) is 7.45. The first-order valence-electron chi connectivity index (χ1n) is 7.45. The van der Waals surface area contributed by atoms with Crippen molar-refractivity contribution < 1.29 is 0 Å².